The molecular weight excluding hydrogens is 526 g/mol. The highest BCUT2D eigenvalue weighted by Gasteiger charge is 2.16. The van der Waals surface area contributed by atoms with Crippen LogP contribution in [0, 0.1) is 6.92 Å². The predicted molar refractivity (Wildman–Crippen MR) is 135 cm³/mol. The second-order valence-corrected chi connectivity index (χ2v) is 10.3. The summed E-state index contributed by atoms with van der Waals surface area (Å²) in [5.41, 5.74) is 3.29. The van der Waals surface area contributed by atoms with Crippen molar-refractivity contribution in [2.24, 2.45) is 0 Å². The number of amides is 1. The Morgan fingerprint density at radius 1 is 1.12 bits per heavy atom. The van der Waals surface area contributed by atoms with Crippen molar-refractivity contribution in [3.8, 4) is 0 Å². The predicted octanol–water partition coefficient (Wildman–Crippen LogP) is 5.54. The number of nitrogens with zero attached hydrogens (tertiary/aromatic N) is 2. The van der Waals surface area contributed by atoms with E-state index in [4.69, 9.17) is 11.6 Å². The van der Waals surface area contributed by atoms with Gasteiger partial charge in [0.1, 0.15) is 0 Å². The molecular formula is C24H19BrClN3O3S. The van der Waals surface area contributed by atoms with Crippen molar-refractivity contribution in [3.05, 3.63) is 104 Å². The number of benzene rings is 3. The van der Waals surface area contributed by atoms with E-state index in [1.165, 1.54) is 6.08 Å². The third kappa shape index (κ3) is 5.52. The van der Waals surface area contributed by atoms with Gasteiger partial charge in [0.15, 0.2) is 0 Å². The van der Waals surface area contributed by atoms with Gasteiger partial charge in [-0.15, -0.1) is 0 Å². The standard InChI is InChI=1S/C24H19BrClN3O3S/c1-16-21-10-8-18(24(30)28-33(31,32)12-11-17-5-3-2-4-6-17)13-23(21)29(27-16)15-19-7-9-20(25)14-22(19)26/h2-14H,15H2,1H3,(H,28,30)/b12-11+. The van der Waals surface area contributed by atoms with Crippen LogP contribution in [0.3, 0.4) is 0 Å². The van der Waals surface area contributed by atoms with Gasteiger partial charge in [-0.3, -0.25) is 9.48 Å². The number of halogens is 2. The lowest BCUT2D eigenvalue weighted by molar-refractivity contribution is 0.0982. The molecule has 1 heterocycles. The molecule has 1 aromatic heterocycles. The van der Waals surface area contributed by atoms with Crippen molar-refractivity contribution in [2.45, 2.75) is 13.5 Å². The van der Waals surface area contributed by atoms with Crippen molar-refractivity contribution in [2.75, 3.05) is 0 Å². The fourth-order valence-electron chi connectivity index (χ4n) is 3.37. The first kappa shape index (κ1) is 23.2. The summed E-state index contributed by atoms with van der Waals surface area (Å²) in [4.78, 5) is 12.7. The Balaban J connectivity index is 1.60. The molecule has 9 heteroatoms. The zero-order valence-corrected chi connectivity index (χ0v) is 20.7. The van der Waals surface area contributed by atoms with Gasteiger partial charge in [-0.1, -0.05) is 70.0 Å². The van der Waals surface area contributed by atoms with Crippen LogP contribution in [0.25, 0.3) is 17.0 Å². The minimum absolute atomic E-state index is 0.210. The van der Waals surface area contributed by atoms with Gasteiger partial charge >= 0.3 is 0 Å². The minimum atomic E-state index is -3.97. The molecule has 0 saturated heterocycles. The van der Waals surface area contributed by atoms with Crippen molar-refractivity contribution in [1.82, 2.24) is 14.5 Å². The first-order valence-corrected chi connectivity index (χ1v) is 12.6. The normalized spacial score (nSPS) is 11.8. The van der Waals surface area contributed by atoms with Gasteiger partial charge in [-0.25, -0.2) is 13.1 Å². The molecule has 0 atom stereocenters. The number of carbonyl (C=O) groups excluding carboxylic acids is 1. The number of hydrogen-bond acceptors (Lipinski definition) is 4. The van der Waals surface area contributed by atoms with Crippen molar-refractivity contribution in [3.63, 3.8) is 0 Å². The van der Waals surface area contributed by atoms with Crippen LogP contribution in [0.5, 0.6) is 0 Å². The Labute approximate surface area is 205 Å². The lowest BCUT2D eigenvalue weighted by Gasteiger charge is -2.08. The molecule has 4 rings (SSSR count). The largest absolute Gasteiger partial charge is 0.268 e. The van der Waals surface area contributed by atoms with Gasteiger partial charge in [-0.05, 0) is 48.4 Å². The van der Waals surface area contributed by atoms with Crippen LogP contribution in [0.2, 0.25) is 5.02 Å². The van der Waals surface area contributed by atoms with Gasteiger partial charge in [0.05, 0.1) is 23.2 Å². The maximum Gasteiger partial charge on any atom is 0.265 e. The van der Waals surface area contributed by atoms with Crippen molar-refractivity contribution in [1.29, 1.82) is 0 Å². The van der Waals surface area contributed by atoms with E-state index in [9.17, 15) is 13.2 Å². The summed E-state index contributed by atoms with van der Waals surface area (Å²) in [6.45, 7) is 2.28. The Morgan fingerprint density at radius 3 is 2.61 bits per heavy atom. The van der Waals surface area contributed by atoms with E-state index >= 15 is 0 Å². The van der Waals surface area contributed by atoms with Gasteiger partial charge in [0.2, 0.25) is 0 Å². The van der Waals surface area contributed by atoms with E-state index in [0.29, 0.717) is 22.6 Å². The number of sulfonamides is 1. The minimum Gasteiger partial charge on any atom is -0.268 e. The molecule has 0 fully saturated rings. The third-order valence-corrected chi connectivity index (χ3v) is 6.82. The van der Waals surface area contributed by atoms with Crippen LogP contribution >= 0.6 is 27.5 Å². The summed E-state index contributed by atoms with van der Waals surface area (Å²) in [6.07, 6.45) is 1.43. The van der Waals surface area contributed by atoms with Crippen LogP contribution in [0.1, 0.15) is 27.2 Å². The smallest absolute Gasteiger partial charge is 0.265 e. The number of aromatic nitrogens is 2. The Kier molecular flexibility index (Phi) is 6.69. The molecule has 0 aliphatic rings. The zero-order valence-electron chi connectivity index (χ0n) is 17.5. The second kappa shape index (κ2) is 9.51. The molecule has 33 heavy (non-hydrogen) atoms. The maximum absolute atomic E-state index is 12.7. The van der Waals surface area contributed by atoms with Gasteiger partial charge in [0, 0.05) is 20.4 Å². The number of nitrogens with one attached hydrogen (secondary N) is 1. The maximum atomic E-state index is 12.7. The lowest BCUT2D eigenvalue weighted by atomic mass is 10.1. The van der Waals surface area contributed by atoms with Crippen molar-refractivity contribution >= 4 is 60.4 Å². The molecule has 0 aliphatic heterocycles. The SMILES string of the molecule is Cc1nn(Cc2ccc(Br)cc2Cl)c2cc(C(=O)NS(=O)(=O)/C=C/c3ccccc3)ccc12. The quantitative estimate of drug-likeness (QED) is 0.346. The van der Waals surface area contributed by atoms with Crippen LogP contribution in [0.15, 0.2) is 76.6 Å². The Hall–Kier alpha value is -2.94. The Bertz CT molecular complexity index is 1480. The van der Waals surface area contributed by atoms with Gasteiger partial charge in [0.25, 0.3) is 15.9 Å². The molecule has 0 saturated carbocycles. The molecule has 1 N–H and O–H groups in total. The van der Waals surface area contributed by atoms with Crippen LogP contribution < -0.4 is 4.72 Å². The zero-order chi connectivity index (χ0) is 23.6. The molecule has 1 amide bonds. The highest BCUT2D eigenvalue weighted by Crippen LogP contribution is 2.25. The van der Waals surface area contributed by atoms with E-state index < -0.39 is 15.9 Å². The summed E-state index contributed by atoms with van der Waals surface area (Å²) in [5, 5.41) is 7.01. The Morgan fingerprint density at radius 2 is 1.88 bits per heavy atom. The number of aryl methyl sites for hydroxylation is 1. The molecule has 0 aliphatic carbocycles. The van der Waals surface area contributed by atoms with E-state index in [2.05, 4.69) is 25.8 Å². The average molecular weight is 545 g/mol. The van der Waals surface area contributed by atoms with Gasteiger partial charge < -0.3 is 0 Å². The first-order valence-electron chi connectivity index (χ1n) is 9.93. The van der Waals surface area contributed by atoms with Crippen LogP contribution in [-0.4, -0.2) is 24.1 Å². The number of carbonyl (C=O) groups is 1. The fraction of sp³-hybridized carbons (Fsp3) is 0.0833. The fourth-order valence-corrected chi connectivity index (χ4v) is 4.88. The molecule has 3 aromatic carbocycles. The second-order valence-electron chi connectivity index (χ2n) is 7.40. The molecule has 0 spiro atoms. The van der Waals surface area contributed by atoms with E-state index in [-0.39, 0.29) is 5.56 Å². The monoisotopic (exact) mass is 543 g/mol. The highest BCUT2D eigenvalue weighted by molar-refractivity contribution is 9.10. The molecule has 6 nitrogen and oxygen atoms in total. The number of hydrogen-bond donors (Lipinski definition) is 1. The average Bonchev–Trinajstić information content (AvgIpc) is 3.09. The highest BCUT2D eigenvalue weighted by atomic mass is 79.9. The van der Waals surface area contributed by atoms with Crippen LogP contribution in [-0.2, 0) is 16.6 Å². The first-order chi connectivity index (χ1) is 15.7. The number of fused-ring (bicyclic) bond motifs is 1. The summed E-state index contributed by atoms with van der Waals surface area (Å²) in [5.74, 6) is -0.721. The summed E-state index contributed by atoms with van der Waals surface area (Å²) in [6, 6.07) is 19.5. The third-order valence-electron chi connectivity index (χ3n) is 5.01. The summed E-state index contributed by atoms with van der Waals surface area (Å²) >= 11 is 9.75. The van der Waals surface area contributed by atoms with E-state index in [0.717, 1.165) is 26.5 Å². The van der Waals surface area contributed by atoms with E-state index in [1.54, 1.807) is 47.1 Å². The van der Waals surface area contributed by atoms with Crippen molar-refractivity contribution < 1.29 is 13.2 Å². The molecule has 168 valence electrons. The van der Waals surface area contributed by atoms with E-state index in [1.807, 2.05) is 31.2 Å². The lowest BCUT2D eigenvalue weighted by Crippen LogP contribution is -2.28. The van der Waals surface area contributed by atoms with Gasteiger partial charge in [-0.2, -0.15) is 5.10 Å². The topological polar surface area (TPSA) is 81.1 Å². The van der Waals surface area contributed by atoms with Crippen LogP contribution in [0.4, 0.5) is 0 Å². The molecule has 0 unspecified atom stereocenters. The summed E-state index contributed by atoms with van der Waals surface area (Å²) in [7, 11) is -3.97. The summed E-state index contributed by atoms with van der Waals surface area (Å²) < 4.78 is 29.5. The number of rotatable bonds is 6. The molecule has 0 bridgehead atoms. The molecule has 4 aromatic rings. The molecule has 0 radical (unpaired) electrons.